The van der Waals surface area contributed by atoms with Crippen molar-refractivity contribution in [1.29, 1.82) is 0 Å². The molecule has 0 fully saturated rings. The summed E-state index contributed by atoms with van der Waals surface area (Å²) in [5.41, 5.74) is 2.94. The van der Waals surface area contributed by atoms with Crippen LogP contribution in [0.25, 0.3) is 11.5 Å². The van der Waals surface area contributed by atoms with Crippen LogP contribution in [0.4, 0.5) is 0 Å². The molecule has 160 valence electrons. The molecule has 3 aromatic rings. The Kier molecular flexibility index (Phi) is 5.97. The van der Waals surface area contributed by atoms with E-state index in [4.69, 9.17) is 9.15 Å². The summed E-state index contributed by atoms with van der Waals surface area (Å²) >= 11 is 0. The molecule has 0 saturated heterocycles. The second kappa shape index (κ2) is 8.99. The van der Waals surface area contributed by atoms with Gasteiger partial charge in [0.15, 0.2) is 6.10 Å². The number of carbonyl (C=O) groups is 2. The predicted molar refractivity (Wildman–Crippen MR) is 112 cm³/mol. The van der Waals surface area contributed by atoms with Gasteiger partial charge in [0, 0.05) is 5.56 Å². The zero-order chi connectivity index (χ0) is 21.8. The van der Waals surface area contributed by atoms with E-state index in [1.807, 2.05) is 24.3 Å². The molecule has 0 unspecified atom stereocenters. The Balaban J connectivity index is 1.36. The number of amides is 1. The van der Waals surface area contributed by atoms with Crippen molar-refractivity contribution in [3.05, 3.63) is 76.3 Å². The Hall–Kier alpha value is -3.68. The van der Waals surface area contributed by atoms with Gasteiger partial charge in [-0.1, -0.05) is 42.5 Å². The van der Waals surface area contributed by atoms with Crippen LogP contribution in [0.5, 0.6) is 0 Å². The molecule has 8 nitrogen and oxygen atoms in total. The molecule has 0 saturated carbocycles. The molecule has 1 heterocycles. The topological polar surface area (TPSA) is 103 Å². The second-order valence-corrected chi connectivity index (χ2v) is 7.48. The van der Waals surface area contributed by atoms with Crippen molar-refractivity contribution in [3.8, 4) is 11.5 Å². The SMILES string of the molecule is C[C@@H](OC(=O)Cn1nc(-c2ccccc2)oc1=O)C(=O)N[C@@H]1CCCc2ccccc21. The Morgan fingerprint density at radius 1 is 1.19 bits per heavy atom. The highest BCUT2D eigenvalue weighted by Crippen LogP contribution is 2.29. The fourth-order valence-corrected chi connectivity index (χ4v) is 3.71. The third kappa shape index (κ3) is 4.74. The Morgan fingerprint density at radius 3 is 2.74 bits per heavy atom. The number of aryl methyl sites for hydroxylation is 1. The minimum Gasteiger partial charge on any atom is -0.451 e. The Bertz CT molecular complexity index is 1140. The average molecular weight is 421 g/mol. The highest BCUT2D eigenvalue weighted by molar-refractivity contribution is 5.83. The van der Waals surface area contributed by atoms with E-state index in [9.17, 15) is 14.4 Å². The molecular formula is C23H23N3O5. The van der Waals surface area contributed by atoms with Gasteiger partial charge in [0.05, 0.1) is 6.04 Å². The quantitative estimate of drug-likeness (QED) is 0.614. The number of aromatic nitrogens is 2. The van der Waals surface area contributed by atoms with E-state index < -0.39 is 24.4 Å². The van der Waals surface area contributed by atoms with Crippen LogP contribution in [0.2, 0.25) is 0 Å². The number of benzene rings is 2. The molecule has 1 N–H and O–H groups in total. The largest absolute Gasteiger partial charge is 0.451 e. The monoisotopic (exact) mass is 421 g/mol. The standard InChI is InChI=1S/C23H23N3O5/c1-15(21(28)24-19-13-7-11-16-8-5-6-12-18(16)19)30-20(27)14-26-23(29)31-22(25-26)17-9-3-2-4-10-17/h2-6,8-10,12,15,19H,7,11,13-14H2,1H3,(H,24,28)/t15-,19-/m1/s1. The maximum Gasteiger partial charge on any atom is 0.437 e. The highest BCUT2D eigenvalue weighted by Gasteiger charge is 2.25. The molecule has 4 rings (SSSR count). The molecule has 0 spiro atoms. The van der Waals surface area contributed by atoms with Crippen LogP contribution in [0.3, 0.4) is 0 Å². The first-order chi connectivity index (χ1) is 15.0. The van der Waals surface area contributed by atoms with Gasteiger partial charge in [-0.05, 0) is 49.4 Å². The third-order valence-corrected chi connectivity index (χ3v) is 5.27. The smallest absolute Gasteiger partial charge is 0.437 e. The second-order valence-electron chi connectivity index (χ2n) is 7.48. The molecule has 8 heteroatoms. The number of carbonyl (C=O) groups excluding carboxylic acids is 2. The van der Waals surface area contributed by atoms with Crippen LogP contribution in [0.15, 0.2) is 63.8 Å². The first-order valence-electron chi connectivity index (χ1n) is 10.2. The number of esters is 1. The zero-order valence-corrected chi connectivity index (χ0v) is 17.1. The summed E-state index contributed by atoms with van der Waals surface area (Å²) in [6, 6.07) is 16.8. The lowest BCUT2D eigenvalue weighted by molar-refractivity contribution is -0.156. The minimum atomic E-state index is -1.00. The molecule has 31 heavy (non-hydrogen) atoms. The van der Waals surface area contributed by atoms with E-state index in [0.29, 0.717) is 5.56 Å². The lowest BCUT2D eigenvalue weighted by Gasteiger charge is -2.27. The van der Waals surface area contributed by atoms with Gasteiger partial charge in [-0.25, -0.2) is 4.79 Å². The van der Waals surface area contributed by atoms with Crippen molar-refractivity contribution < 1.29 is 18.7 Å². The molecule has 1 aliphatic rings. The van der Waals surface area contributed by atoms with E-state index in [2.05, 4.69) is 16.5 Å². The van der Waals surface area contributed by atoms with Crippen molar-refractivity contribution in [2.24, 2.45) is 0 Å². The molecule has 2 atom stereocenters. The van der Waals surface area contributed by atoms with Gasteiger partial charge >= 0.3 is 11.7 Å². The van der Waals surface area contributed by atoms with Gasteiger partial charge in [-0.2, -0.15) is 4.68 Å². The molecule has 1 amide bonds. The van der Waals surface area contributed by atoms with Crippen LogP contribution in [0.1, 0.15) is 36.9 Å². The summed E-state index contributed by atoms with van der Waals surface area (Å²) in [6.07, 6.45) is 1.80. The van der Waals surface area contributed by atoms with Crippen LogP contribution in [-0.4, -0.2) is 27.8 Å². The van der Waals surface area contributed by atoms with Crippen molar-refractivity contribution in [2.75, 3.05) is 0 Å². The number of hydrogen-bond donors (Lipinski definition) is 1. The molecule has 1 aromatic heterocycles. The number of ether oxygens (including phenoxy) is 1. The summed E-state index contributed by atoms with van der Waals surface area (Å²) in [7, 11) is 0. The van der Waals surface area contributed by atoms with E-state index in [1.54, 1.807) is 24.3 Å². The average Bonchev–Trinajstić information content (AvgIpc) is 3.14. The van der Waals surface area contributed by atoms with Crippen LogP contribution in [-0.2, 0) is 27.3 Å². The van der Waals surface area contributed by atoms with Gasteiger partial charge < -0.3 is 14.5 Å². The van der Waals surface area contributed by atoms with Crippen molar-refractivity contribution >= 4 is 11.9 Å². The molecule has 1 aliphatic carbocycles. The maximum absolute atomic E-state index is 12.6. The summed E-state index contributed by atoms with van der Waals surface area (Å²) in [4.78, 5) is 36.8. The van der Waals surface area contributed by atoms with E-state index in [1.165, 1.54) is 12.5 Å². The van der Waals surface area contributed by atoms with E-state index in [0.717, 1.165) is 29.5 Å². The number of fused-ring (bicyclic) bond motifs is 1. The van der Waals surface area contributed by atoms with Crippen LogP contribution < -0.4 is 11.1 Å². The third-order valence-electron chi connectivity index (χ3n) is 5.27. The number of hydrogen-bond acceptors (Lipinski definition) is 6. The summed E-state index contributed by atoms with van der Waals surface area (Å²) in [5, 5.41) is 6.99. The van der Waals surface area contributed by atoms with Crippen molar-refractivity contribution in [1.82, 2.24) is 15.1 Å². The fourth-order valence-electron chi connectivity index (χ4n) is 3.71. The molecule has 0 bridgehead atoms. The van der Waals surface area contributed by atoms with Crippen molar-refractivity contribution in [2.45, 2.75) is 44.9 Å². The molecule has 2 aromatic carbocycles. The van der Waals surface area contributed by atoms with Gasteiger partial charge in [0.25, 0.3) is 5.91 Å². The fraction of sp³-hybridized carbons (Fsp3) is 0.304. The van der Waals surface area contributed by atoms with E-state index >= 15 is 0 Å². The first kappa shape index (κ1) is 20.6. The summed E-state index contributed by atoms with van der Waals surface area (Å²) in [6.45, 7) is 1.06. The van der Waals surface area contributed by atoms with Gasteiger partial charge in [0.1, 0.15) is 6.54 Å². The number of nitrogens with one attached hydrogen (secondary N) is 1. The van der Waals surface area contributed by atoms with Gasteiger partial charge in [-0.3, -0.25) is 9.59 Å². The Labute approximate surface area is 178 Å². The van der Waals surface area contributed by atoms with Crippen LogP contribution >= 0.6 is 0 Å². The van der Waals surface area contributed by atoms with Crippen LogP contribution in [0, 0.1) is 0 Å². The summed E-state index contributed by atoms with van der Waals surface area (Å²) in [5.74, 6) is -1.79. The van der Waals surface area contributed by atoms with Crippen molar-refractivity contribution in [3.63, 3.8) is 0 Å². The maximum atomic E-state index is 12.6. The lowest BCUT2D eigenvalue weighted by Crippen LogP contribution is -2.40. The van der Waals surface area contributed by atoms with Gasteiger partial charge in [0.2, 0.25) is 5.89 Å². The molecular weight excluding hydrogens is 398 g/mol. The summed E-state index contributed by atoms with van der Waals surface area (Å²) < 4.78 is 11.2. The zero-order valence-electron chi connectivity index (χ0n) is 17.1. The molecule has 0 aliphatic heterocycles. The predicted octanol–water partition coefficient (Wildman–Crippen LogP) is 2.63. The van der Waals surface area contributed by atoms with Gasteiger partial charge in [-0.15, -0.1) is 5.10 Å². The van der Waals surface area contributed by atoms with E-state index in [-0.39, 0.29) is 17.8 Å². The normalized spacial score (nSPS) is 16.2. The highest BCUT2D eigenvalue weighted by atomic mass is 16.5. The number of rotatable bonds is 6. The Morgan fingerprint density at radius 2 is 1.94 bits per heavy atom. The minimum absolute atomic E-state index is 0.106. The first-order valence-corrected chi connectivity index (χ1v) is 10.2. The lowest BCUT2D eigenvalue weighted by atomic mass is 9.87. The number of nitrogens with zero attached hydrogens (tertiary/aromatic N) is 2. The molecule has 0 radical (unpaired) electrons.